The second kappa shape index (κ2) is 6.07. The van der Waals surface area contributed by atoms with Crippen LogP contribution in [0.1, 0.15) is 31.5 Å². The van der Waals surface area contributed by atoms with Crippen molar-refractivity contribution in [2.75, 3.05) is 19.8 Å². The molecule has 0 aromatic carbocycles. The summed E-state index contributed by atoms with van der Waals surface area (Å²) in [6.07, 6.45) is 3.51. The highest BCUT2D eigenvalue weighted by Gasteiger charge is 2.25. The molecule has 1 saturated heterocycles. The average Bonchev–Trinajstić information content (AvgIpc) is 2.38. The van der Waals surface area contributed by atoms with Gasteiger partial charge in [0.25, 0.3) is 0 Å². The molecule has 3 nitrogen and oxygen atoms in total. The molecule has 2 heterocycles. The molecule has 4 heteroatoms. The number of nitrogens with one attached hydrogen (secondary N) is 1. The highest BCUT2D eigenvalue weighted by atomic mass is 19.1. The Labute approximate surface area is 101 Å². The van der Waals surface area contributed by atoms with Crippen LogP contribution in [-0.4, -0.2) is 24.7 Å². The Hall–Kier alpha value is -1.00. The van der Waals surface area contributed by atoms with Crippen molar-refractivity contribution in [3.63, 3.8) is 0 Å². The molecule has 2 rings (SSSR count). The van der Waals surface area contributed by atoms with Crippen LogP contribution in [0.2, 0.25) is 0 Å². The van der Waals surface area contributed by atoms with Crippen LogP contribution in [0.5, 0.6) is 0 Å². The van der Waals surface area contributed by atoms with Crippen LogP contribution < -0.4 is 5.32 Å². The zero-order valence-electron chi connectivity index (χ0n) is 10.2. The maximum Gasteiger partial charge on any atom is 0.141 e. The monoisotopic (exact) mass is 238 g/mol. The third-order valence-electron chi connectivity index (χ3n) is 3.16. The van der Waals surface area contributed by atoms with Crippen molar-refractivity contribution in [3.05, 3.63) is 29.8 Å². The van der Waals surface area contributed by atoms with Gasteiger partial charge < -0.3 is 10.1 Å². The molecule has 0 saturated carbocycles. The normalized spacial score (nSPS) is 22.4. The van der Waals surface area contributed by atoms with E-state index in [1.54, 1.807) is 6.07 Å². The smallest absolute Gasteiger partial charge is 0.141 e. The molecule has 1 aromatic rings. The summed E-state index contributed by atoms with van der Waals surface area (Å²) in [6.45, 7) is 4.56. The van der Waals surface area contributed by atoms with E-state index in [4.69, 9.17) is 4.74 Å². The predicted molar refractivity (Wildman–Crippen MR) is 64.2 cm³/mol. The van der Waals surface area contributed by atoms with Gasteiger partial charge in [0.2, 0.25) is 0 Å². The van der Waals surface area contributed by atoms with Crippen molar-refractivity contribution in [2.45, 2.75) is 25.8 Å². The second-order valence-corrected chi connectivity index (χ2v) is 4.41. The number of hydrogen-bond acceptors (Lipinski definition) is 3. The van der Waals surface area contributed by atoms with E-state index in [1.165, 1.54) is 12.3 Å². The van der Waals surface area contributed by atoms with E-state index in [0.29, 0.717) is 5.92 Å². The number of halogens is 1. The Bertz CT molecular complexity index is 336. The number of nitrogens with zero attached hydrogens (tertiary/aromatic N) is 1. The maximum atomic E-state index is 12.9. The summed E-state index contributed by atoms with van der Waals surface area (Å²) >= 11 is 0. The van der Waals surface area contributed by atoms with Gasteiger partial charge in [-0.1, -0.05) is 6.92 Å². The predicted octanol–water partition coefficient (Wildman–Crippen LogP) is 2.30. The highest BCUT2D eigenvalue weighted by Crippen LogP contribution is 2.27. The lowest BCUT2D eigenvalue weighted by atomic mass is 9.91. The van der Waals surface area contributed by atoms with E-state index in [9.17, 15) is 4.39 Å². The Morgan fingerprint density at radius 1 is 1.59 bits per heavy atom. The minimum Gasteiger partial charge on any atom is -0.381 e. The molecular weight excluding hydrogens is 219 g/mol. The van der Waals surface area contributed by atoms with E-state index in [-0.39, 0.29) is 11.9 Å². The van der Waals surface area contributed by atoms with Crippen LogP contribution in [-0.2, 0) is 4.74 Å². The van der Waals surface area contributed by atoms with Gasteiger partial charge in [0.05, 0.1) is 24.5 Å². The van der Waals surface area contributed by atoms with Gasteiger partial charge in [0.15, 0.2) is 0 Å². The summed E-state index contributed by atoms with van der Waals surface area (Å²) in [5.41, 5.74) is 0.906. The molecule has 1 aromatic heterocycles. The standard InChI is InChI=1S/C13H19FN2O/c1-2-15-13(10-4-3-7-17-9-10)12-6-5-11(14)8-16-12/h5-6,8,10,13,15H,2-4,7,9H2,1H3. The van der Waals surface area contributed by atoms with Gasteiger partial charge in [-0.15, -0.1) is 0 Å². The fourth-order valence-electron chi connectivity index (χ4n) is 2.33. The van der Waals surface area contributed by atoms with Crippen molar-refractivity contribution in [3.8, 4) is 0 Å². The molecule has 1 aliphatic heterocycles. The van der Waals surface area contributed by atoms with Crippen LogP contribution in [0.15, 0.2) is 18.3 Å². The average molecular weight is 238 g/mol. The van der Waals surface area contributed by atoms with Gasteiger partial charge in [0.1, 0.15) is 5.82 Å². The highest BCUT2D eigenvalue weighted by molar-refractivity contribution is 5.11. The first-order valence-electron chi connectivity index (χ1n) is 6.24. The molecule has 1 aliphatic rings. The molecule has 2 unspecified atom stereocenters. The molecule has 2 atom stereocenters. The van der Waals surface area contributed by atoms with E-state index < -0.39 is 0 Å². The summed E-state index contributed by atoms with van der Waals surface area (Å²) in [7, 11) is 0. The van der Waals surface area contributed by atoms with E-state index in [0.717, 1.165) is 38.3 Å². The number of pyridine rings is 1. The fourth-order valence-corrected chi connectivity index (χ4v) is 2.33. The third-order valence-corrected chi connectivity index (χ3v) is 3.16. The molecule has 0 radical (unpaired) electrons. The summed E-state index contributed by atoms with van der Waals surface area (Å²) < 4.78 is 18.4. The lowest BCUT2D eigenvalue weighted by Crippen LogP contribution is -2.33. The molecule has 0 spiro atoms. The molecule has 17 heavy (non-hydrogen) atoms. The largest absolute Gasteiger partial charge is 0.381 e. The molecule has 0 amide bonds. The fraction of sp³-hybridized carbons (Fsp3) is 0.615. The maximum absolute atomic E-state index is 12.9. The summed E-state index contributed by atoms with van der Waals surface area (Å²) in [5, 5.41) is 3.42. The lowest BCUT2D eigenvalue weighted by molar-refractivity contribution is 0.0386. The second-order valence-electron chi connectivity index (χ2n) is 4.41. The molecule has 1 N–H and O–H groups in total. The van der Waals surface area contributed by atoms with Crippen molar-refractivity contribution in [1.82, 2.24) is 10.3 Å². The summed E-state index contributed by atoms with van der Waals surface area (Å²) in [5.74, 6) is 0.144. The molecule has 0 aliphatic carbocycles. The van der Waals surface area contributed by atoms with Crippen molar-refractivity contribution in [1.29, 1.82) is 0 Å². The van der Waals surface area contributed by atoms with Gasteiger partial charge in [0, 0.05) is 12.5 Å². The Morgan fingerprint density at radius 2 is 2.47 bits per heavy atom. The first-order chi connectivity index (χ1) is 8.31. The Kier molecular flexibility index (Phi) is 4.45. The Morgan fingerprint density at radius 3 is 3.06 bits per heavy atom. The zero-order valence-corrected chi connectivity index (χ0v) is 10.2. The SMILES string of the molecule is CCNC(c1ccc(F)cn1)C1CCCOC1. The number of rotatable bonds is 4. The van der Waals surface area contributed by atoms with Gasteiger partial charge in [-0.3, -0.25) is 4.98 Å². The summed E-state index contributed by atoms with van der Waals surface area (Å²) in [6, 6.07) is 3.40. The Balaban J connectivity index is 2.12. The van der Waals surface area contributed by atoms with Crippen LogP contribution in [0, 0.1) is 11.7 Å². The van der Waals surface area contributed by atoms with Crippen molar-refractivity contribution in [2.24, 2.45) is 5.92 Å². The van der Waals surface area contributed by atoms with Crippen LogP contribution in [0.4, 0.5) is 4.39 Å². The molecule has 94 valence electrons. The van der Waals surface area contributed by atoms with Crippen LogP contribution in [0.3, 0.4) is 0 Å². The molecular formula is C13H19FN2O. The number of hydrogen-bond donors (Lipinski definition) is 1. The van der Waals surface area contributed by atoms with E-state index >= 15 is 0 Å². The number of ether oxygens (including phenoxy) is 1. The topological polar surface area (TPSA) is 34.2 Å². The van der Waals surface area contributed by atoms with Gasteiger partial charge in [-0.2, -0.15) is 0 Å². The van der Waals surface area contributed by atoms with Gasteiger partial charge in [-0.25, -0.2) is 4.39 Å². The quantitative estimate of drug-likeness (QED) is 0.874. The number of aromatic nitrogens is 1. The van der Waals surface area contributed by atoms with Crippen LogP contribution in [0.25, 0.3) is 0 Å². The zero-order chi connectivity index (χ0) is 12.1. The summed E-state index contributed by atoms with van der Waals surface area (Å²) in [4.78, 5) is 4.18. The van der Waals surface area contributed by atoms with Gasteiger partial charge in [-0.05, 0) is 31.5 Å². The molecule has 0 bridgehead atoms. The third kappa shape index (κ3) is 3.23. The van der Waals surface area contributed by atoms with Gasteiger partial charge >= 0.3 is 0 Å². The minimum atomic E-state index is -0.288. The minimum absolute atomic E-state index is 0.167. The molecule has 1 fully saturated rings. The van der Waals surface area contributed by atoms with Crippen LogP contribution >= 0.6 is 0 Å². The first kappa shape index (κ1) is 12.5. The van der Waals surface area contributed by atoms with E-state index in [1.807, 2.05) is 0 Å². The van der Waals surface area contributed by atoms with Crippen molar-refractivity contribution >= 4 is 0 Å². The van der Waals surface area contributed by atoms with Crippen molar-refractivity contribution < 1.29 is 9.13 Å². The lowest BCUT2D eigenvalue weighted by Gasteiger charge is -2.30. The van der Waals surface area contributed by atoms with E-state index in [2.05, 4.69) is 17.2 Å². The first-order valence-corrected chi connectivity index (χ1v) is 6.24.